The molecule has 1 aliphatic carbocycles. The molecule has 0 spiro atoms. The van der Waals surface area contributed by atoms with E-state index in [2.05, 4.69) is 9.24 Å². The normalized spacial score (nSPS) is 20.9. The van der Waals surface area contributed by atoms with E-state index < -0.39 is 5.97 Å². The number of nitrogens with zero attached hydrogens (tertiary/aromatic N) is 3. The summed E-state index contributed by atoms with van der Waals surface area (Å²) >= 11 is 0. The van der Waals surface area contributed by atoms with Crippen LogP contribution in [0.15, 0.2) is 23.2 Å². The van der Waals surface area contributed by atoms with Crippen LogP contribution in [0.1, 0.15) is 6.42 Å². The maximum Gasteiger partial charge on any atom is 0.303 e. The van der Waals surface area contributed by atoms with Crippen LogP contribution in [0.3, 0.4) is 0 Å². The third-order valence-electron chi connectivity index (χ3n) is 3.85. The van der Waals surface area contributed by atoms with Gasteiger partial charge in [-0.05, 0) is 6.16 Å². The van der Waals surface area contributed by atoms with Gasteiger partial charge in [0.25, 0.3) is 0 Å². The van der Waals surface area contributed by atoms with Crippen LogP contribution >= 0.6 is 21.6 Å². The van der Waals surface area contributed by atoms with Crippen LogP contribution in [0.25, 0.3) is 0 Å². The van der Waals surface area contributed by atoms with Gasteiger partial charge in [-0.15, -0.1) is 21.6 Å². The van der Waals surface area contributed by atoms with Gasteiger partial charge in [-0.2, -0.15) is 0 Å². The standard InChI is InChI=1S/C12H13N3O2.C3H7O2P.ClH/c16-9-7-8(13-1-2-13)12(17)11(15-5-6-15)10(9)14-3-4-14;4-3(5)1-2-6;/h7H,1-6H2;1-2,6H2,(H,4,5);1H. The Hall–Kier alpha value is -1.59. The molecule has 0 amide bonds. The molecule has 3 aliphatic heterocycles. The molecule has 0 radical (unpaired) electrons. The lowest BCUT2D eigenvalue weighted by molar-refractivity contribution is -0.136. The van der Waals surface area contributed by atoms with Crippen LogP contribution in [0, 0.1) is 0 Å². The number of ketones is 2. The minimum Gasteiger partial charge on any atom is -0.481 e. The number of halogens is 1. The third-order valence-corrected chi connectivity index (χ3v) is 4.13. The minimum absolute atomic E-state index is 0. The fourth-order valence-electron chi connectivity index (χ4n) is 2.40. The van der Waals surface area contributed by atoms with E-state index >= 15 is 0 Å². The molecule has 24 heavy (non-hydrogen) atoms. The zero-order valence-electron chi connectivity index (χ0n) is 13.2. The lowest BCUT2D eigenvalue weighted by Gasteiger charge is -2.21. The van der Waals surface area contributed by atoms with Crippen LogP contribution < -0.4 is 0 Å². The highest BCUT2D eigenvalue weighted by Gasteiger charge is 2.43. The Kier molecular flexibility index (Phi) is 5.88. The van der Waals surface area contributed by atoms with Crippen LogP contribution in [0.2, 0.25) is 0 Å². The Bertz CT molecular complexity index is 622. The maximum absolute atomic E-state index is 12.4. The van der Waals surface area contributed by atoms with Crippen molar-refractivity contribution in [1.29, 1.82) is 0 Å². The molecule has 0 aromatic heterocycles. The van der Waals surface area contributed by atoms with E-state index in [4.69, 9.17) is 5.11 Å². The maximum atomic E-state index is 12.4. The summed E-state index contributed by atoms with van der Waals surface area (Å²) in [4.78, 5) is 40.1. The summed E-state index contributed by atoms with van der Waals surface area (Å²) in [6.07, 6.45) is 2.43. The van der Waals surface area contributed by atoms with Crippen molar-refractivity contribution in [1.82, 2.24) is 14.7 Å². The molecule has 1 unspecified atom stereocenters. The van der Waals surface area contributed by atoms with E-state index in [9.17, 15) is 14.4 Å². The molecular formula is C15H21ClN3O4P. The molecule has 1 N–H and O–H groups in total. The average Bonchev–Trinajstić information content (AvgIpc) is 3.37. The van der Waals surface area contributed by atoms with Gasteiger partial charge < -0.3 is 19.8 Å². The number of carboxylic acid groups (broad SMARTS) is 1. The molecule has 3 saturated heterocycles. The molecule has 4 rings (SSSR count). The van der Waals surface area contributed by atoms with E-state index in [0.717, 1.165) is 39.3 Å². The first-order valence-electron chi connectivity index (χ1n) is 7.74. The smallest absolute Gasteiger partial charge is 0.303 e. The molecule has 3 fully saturated rings. The van der Waals surface area contributed by atoms with Gasteiger partial charge in [-0.25, -0.2) is 0 Å². The summed E-state index contributed by atoms with van der Waals surface area (Å²) in [5.74, 6) is -0.683. The number of hydrogen-bond acceptors (Lipinski definition) is 6. The number of carbonyl (C=O) groups excluding carboxylic acids is 2. The minimum atomic E-state index is -0.731. The number of rotatable bonds is 5. The van der Waals surface area contributed by atoms with Crippen LogP contribution in [0.4, 0.5) is 0 Å². The van der Waals surface area contributed by atoms with Crippen LogP contribution in [-0.2, 0) is 14.4 Å². The Labute approximate surface area is 148 Å². The number of carboxylic acids is 1. The van der Waals surface area contributed by atoms with Crippen molar-refractivity contribution in [3.63, 3.8) is 0 Å². The quantitative estimate of drug-likeness (QED) is 0.411. The van der Waals surface area contributed by atoms with Gasteiger partial charge in [0.15, 0.2) is 0 Å². The van der Waals surface area contributed by atoms with Gasteiger partial charge in [0.2, 0.25) is 11.6 Å². The number of hydrogen-bond donors (Lipinski definition) is 1. The third kappa shape index (κ3) is 4.28. The Morgan fingerprint density at radius 1 is 1.00 bits per heavy atom. The molecule has 1 atom stereocenters. The summed E-state index contributed by atoms with van der Waals surface area (Å²) in [5, 5.41) is 7.90. The molecular weight excluding hydrogens is 353 g/mol. The van der Waals surface area contributed by atoms with Gasteiger partial charge in [-0.1, -0.05) is 0 Å². The number of allylic oxidation sites excluding steroid dienone is 1. The molecule has 4 aliphatic rings. The highest BCUT2D eigenvalue weighted by molar-refractivity contribution is 7.16. The molecule has 3 heterocycles. The lowest BCUT2D eigenvalue weighted by Crippen LogP contribution is -2.29. The first-order chi connectivity index (χ1) is 11.0. The zero-order chi connectivity index (χ0) is 16.6. The first kappa shape index (κ1) is 18.7. The van der Waals surface area contributed by atoms with Crippen molar-refractivity contribution in [2.75, 3.05) is 45.4 Å². The molecule has 0 bridgehead atoms. The lowest BCUT2D eigenvalue weighted by atomic mass is 10.0. The monoisotopic (exact) mass is 373 g/mol. The molecule has 7 nitrogen and oxygen atoms in total. The van der Waals surface area contributed by atoms with Crippen LogP contribution in [0.5, 0.6) is 0 Å². The molecule has 0 saturated carbocycles. The van der Waals surface area contributed by atoms with E-state index in [1.54, 1.807) is 0 Å². The highest BCUT2D eigenvalue weighted by Crippen LogP contribution is 2.33. The topological polar surface area (TPSA) is 80.5 Å². The second-order valence-electron chi connectivity index (χ2n) is 5.81. The summed E-state index contributed by atoms with van der Waals surface area (Å²) in [6, 6.07) is 0. The average molecular weight is 374 g/mol. The van der Waals surface area contributed by atoms with Gasteiger partial charge >= 0.3 is 5.97 Å². The SMILES string of the molecule is Cl.O=C(O)CCP.O=C1C=C(N2CC2)C(=O)C(N2CC2)=C1N1CC1. The van der Waals surface area contributed by atoms with Crippen molar-refractivity contribution >= 4 is 39.2 Å². The number of carbonyl (C=O) groups is 3. The fraction of sp³-hybridized carbons (Fsp3) is 0.533. The van der Waals surface area contributed by atoms with Crippen LogP contribution in [-0.4, -0.2) is 82.8 Å². The molecule has 0 aromatic carbocycles. The molecule has 9 heteroatoms. The summed E-state index contributed by atoms with van der Waals surface area (Å²) in [6.45, 7) is 5.41. The molecule has 132 valence electrons. The van der Waals surface area contributed by atoms with Crippen molar-refractivity contribution < 1.29 is 19.5 Å². The zero-order valence-corrected chi connectivity index (χ0v) is 15.2. The van der Waals surface area contributed by atoms with Gasteiger partial charge in [-0.3, -0.25) is 14.4 Å². The van der Waals surface area contributed by atoms with E-state index in [-0.39, 0.29) is 30.4 Å². The summed E-state index contributed by atoms with van der Waals surface area (Å²) < 4.78 is 0. The summed E-state index contributed by atoms with van der Waals surface area (Å²) in [5.41, 5.74) is 1.89. The first-order valence-corrected chi connectivity index (χ1v) is 8.56. The number of Topliss-reactive ketones (excluding diaryl/α,β-unsaturated/α-hetero) is 1. The molecule has 0 aromatic rings. The Morgan fingerprint density at radius 3 is 1.88 bits per heavy atom. The number of aliphatic carboxylic acids is 1. The van der Waals surface area contributed by atoms with E-state index in [1.165, 1.54) is 6.08 Å². The van der Waals surface area contributed by atoms with Crippen molar-refractivity contribution in [3.05, 3.63) is 23.2 Å². The highest BCUT2D eigenvalue weighted by atomic mass is 35.5. The van der Waals surface area contributed by atoms with E-state index in [1.807, 2.05) is 14.7 Å². The fourth-order valence-corrected chi connectivity index (χ4v) is 2.65. The van der Waals surface area contributed by atoms with Crippen molar-refractivity contribution in [3.8, 4) is 0 Å². The second kappa shape index (κ2) is 7.53. The van der Waals surface area contributed by atoms with Gasteiger partial charge in [0, 0.05) is 51.8 Å². The second-order valence-corrected chi connectivity index (χ2v) is 6.39. The van der Waals surface area contributed by atoms with Crippen molar-refractivity contribution in [2.45, 2.75) is 6.42 Å². The summed E-state index contributed by atoms with van der Waals surface area (Å²) in [7, 11) is 2.34. The van der Waals surface area contributed by atoms with E-state index in [0.29, 0.717) is 23.3 Å². The Morgan fingerprint density at radius 2 is 1.50 bits per heavy atom. The van der Waals surface area contributed by atoms with Gasteiger partial charge in [0.1, 0.15) is 11.4 Å². The largest absolute Gasteiger partial charge is 0.481 e. The van der Waals surface area contributed by atoms with Crippen molar-refractivity contribution in [2.24, 2.45) is 0 Å². The Balaban J connectivity index is 0.000000261. The predicted octanol–water partition coefficient (Wildman–Crippen LogP) is -0.0615. The van der Waals surface area contributed by atoms with Gasteiger partial charge in [0.05, 0.1) is 5.70 Å². The predicted molar refractivity (Wildman–Crippen MR) is 93.9 cm³/mol.